The Morgan fingerprint density at radius 3 is 2.41 bits per heavy atom. The predicted molar refractivity (Wildman–Crippen MR) is 108 cm³/mol. The van der Waals surface area contributed by atoms with Crippen molar-refractivity contribution in [1.82, 2.24) is 5.32 Å². The fraction of sp³-hybridized carbons (Fsp3) is 0.381. The van der Waals surface area contributed by atoms with Crippen LogP contribution in [0.15, 0.2) is 48.5 Å². The number of rotatable bonds is 12. The maximum absolute atomic E-state index is 11.2. The molecule has 6 N–H and O–H groups in total. The number of nitrogens with one attached hydrogen (secondary N) is 2. The number of anilines is 1. The first-order valence-corrected chi connectivity index (χ1v) is 9.38. The van der Waals surface area contributed by atoms with Crippen LogP contribution in [0.25, 0.3) is 0 Å². The van der Waals surface area contributed by atoms with Crippen LogP contribution >= 0.6 is 0 Å². The van der Waals surface area contributed by atoms with Gasteiger partial charge in [-0.15, -0.1) is 0 Å². The van der Waals surface area contributed by atoms with Crippen LogP contribution in [0, 0.1) is 0 Å². The topological polar surface area (TPSA) is 108 Å². The predicted octanol–water partition coefficient (Wildman–Crippen LogP) is 2.79. The average molecular weight is 371 g/mol. The zero-order valence-electron chi connectivity index (χ0n) is 15.5. The molecule has 0 aliphatic rings. The molecule has 0 radical (unpaired) electrons. The highest BCUT2D eigenvalue weighted by atomic mass is 16.3. The molecule has 146 valence electrons. The van der Waals surface area contributed by atoms with Gasteiger partial charge in [-0.2, -0.15) is 0 Å². The number of aromatic hydroxyl groups is 1. The lowest BCUT2D eigenvalue weighted by molar-refractivity contribution is 0.0997. The van der Waals surface area contributed by atoms with Crippen molar-refractivity contribution in [3.05, 3.63) is 59.7 Å². The highest BCUT2D eigenvalue weighted by Gasteiger charge is 2.13. The van der Waals surface area contributed by atoms with E-state index >= 15 is 0 Å². The van der Waals surface area contributed by atoms with Gasteiger partial charge in [0.25, 0.3) is 5.91 Å². The maximum Gasteiger partial charge on any atom is 0.252 e. The van der Waals surface area contributed by atoms with E-state index in [9.17, 15) is 15.0 Å². The molecule has 0 fully saturated rings. The van der Waals surface area contributed by atoms with Gasteiger partial charge in [-0.3, -0.25) is 4.79 Å². The number of aliphatic hydroxyl groups excluding tert-OH is 1. The van der Waals surface area contributed by atoms with Gasteiger partial charge in [0.05, 0.1) is 11.7 Å². The van der Waals surface area contributed by atoms with Crippen LogP contribution in [-0.2, 0) is 0 Å². The van der Waals surface area contributed by atoms with Crippen LogP contribution < -0.4 is 16.4 Å². The highest BCUT2D eigenvalue weighted by Crippen LogP contribution is 2.21. The third kappa shape index (κ3) is 7.29. The third-order valence-corrected chi connectivity index (χ3v) is 4.39. The molecule has 2 aromatic rings. The minimum Gasteiger partial charge on any atom is -0.507 e. The molecule has 1 atom stereocenters. The molecule has 27 heavy (non-hydrogen) atoms. The summed E-state index contributed by atoms with van der Waals surface area (Å²) >= 11 is 0. The molecule has 0 saturated heterocycles. The summed E-state index contributed by atoms with van der Waals surface area (Å²) in [6.07, 6.45) is 3.70. The lowest BCUT2D eigenvalue weighted by Crippen LogP contribution is -2.23. The number of hydrogen-bond acceptors (Lipinski definition) is 5. The summed E-state index contributed by atoms with van der Waals surface area (Å²) in [7, 11) is 0. The molecule has 0 aliphatic carbocycles. The Labute approximate surface area is 160 Å². The Morgan fingerprint density at radius 1 is 1.00 bits per heavy atom. The Kier molecular flexibility index (Phi) is 8.61. The number of para-hydroxylation sites is 1. The van der Waals surface area contributed by atoms with Gasteiger partial charge in [0.15, 0.2) is 0 Å². The molecule has 2 aromatic carbocycles. The van der Waals surface area contributed by atoms with Crippen LogP contribution in [0.5, 0.6) is 5.75 Å². The summed E-state index contributed by atoms with van der Waals surface area (Å²) in [5.41, 5.74) is 6.94. The third-order valence-electron chi connectivity index (χ3n) is 4.39. The van der Waals surface area contributed by atoms with E-state index in [4.69, 9.17) is 5.73 Å². The first kappa shape index (κ1) is 20.7. The van der Waals surface area contributed by atoms with Crippen LogP contribution in [0.3, 0.4) is 0 Å². The smallest absolute Gasteiger partial charge is 0.252 e. The van der Waals surface area contributed by atoms with E-state index in [-0.39, 0.29) is 11.3 Å². The van der Waals surface area contributed by atoms with Gasteiger partial charge in [-0.1, -0.05) is 37.1 Å². The van der Waals surface area contributed by atoms with Crippen molar-refractivity contribution in [3.8, 4) is 5.75 Å². The van der Waals surface area contributed by atoms with Crippen molar-refractivity contribution < 1.29 is 15.0 Å². The first-order chi connectivity index (χ1) is 13.1. The number of carbonyl (C=O) groups excluding carboxylic acids is 1. The number of phenols is 1. The van der Waals surface area contributed by atoms with E-state index in [1.807, 2.05) is 18.2 Å². The molecule has 0 spiro atoms. The number of primary amides is 1. The van der Waals surface area contributed by atoms with E-state index in [0.717, 1.165) is 44.5 Å². The van der Waals surface area contributed by atoms with Gasteiger partial charge >= 0.3 is 0 Å². The standard InChI is InChI=1S/C21H29N3O3/c22-21(27)18-14-16(10-11-19(18)25)20(26)15-23-12-6-1-2-7-13-24-17-8-4-3-5-9-17/h3-5,8-11,14,20,23-26H,1-2,6-7,12-13,15H2,(H2,22,27). The zero-order chi connectivity index (χ0) is 19.5. The van der Waals surface area contributed by atoms with E-state index in [2.05, 4.69) is 22.8 Å². The molecule has 0 aliphatic heterocycles. The van der Waals surface area contributed by atoms with Gasteiger partial charge in [0.2, 0.25) is 0 Å². The van der Waals surface area contributed by atoms with Gasteiger partial charge in [0, 0.05) is 18.8 Å². The number of nitrogens with two attached hydrogens (primary N) is 1. The van der Waals surface area contributed by atoms with Crippen LogP contribution in [0.4, 0.5) is 5.69 Å². The largest absolute Gasteiger partial charge is 0.507 e. The Morgan fingerprint density at radius 2 is 1.70 bits per heavy atom. The molecule has 0 bridgehead atoms. The van der Waals surface area contributed by atoms with Crippen LogP contribution in [-0.4, -0.2) is 35.8 Å². The van der Waals surface area contributed by atoms with E-state index in [0.29, 0.717) is 12.1 Å². The Hall–Kier alpha value is -2.57. The second-order valence-electron chi connectivity index (χ2n) is 6.57. The molecular weight excluding hydrogens is 342 g/mol. The van der Waals surface area contributed by atoms with Crippen molar-refractivity contribution in [2.45, 2.75) is 31.8 Å². The van der Waals surface area contributed by atoms with Gasteiger partial charge in [-0.25, -0.2) is 0 Å². The van der Waals surface area contributed by atoms with Gasteiger partial charge in [0.1, 0.15) is 5.75 Å². The summed E-state index contributed by atoms with van der Waals surface area (Å²) in [5, 5.41) is 26.4. The van der Waals surface area contributed by atoms with E-state index in [1.54, 1.807) is 6.07 Å². The molecular formula is C21H29N3O3. The second-order valence-corrected chi connectivity index (χ2v) is 6.57. The first-order valence-electron chi connectivity index (χ1n) is 9.38. The average Bonchev–Trinajstić information content (AvgIpc) is 2.67. The molecule has 1 amide bonds. The van der Waals surface area contributed by atoms with Crippen molar-refractivity contribution >= 4 is 11.6 Å². The molecule has 0 saturated carbocycles. The SMILES string of the molecule is NC(=O)c1cc(C(O)CNCCCCCCNc2ccccc2)ccc1O. The molecule has 0 aromatic heterocycles. The number of benzene rings is 2. The summed E-state index contributed by atoms with van der Waals surface area (Å²) in [4.78, 5) is 11.2. The fourth-order valence-electron chi connectivity index (χ4n) is 2.83. The monoisotopic (exact) mass is 371 g/mol. The molecule has 6 heteroatoms. The highest BCUT2D eigenvalue weighted by molar-refractivity contribution is 5.95. The van der Waals surface area contributed by atoms with Crippen molar-refractivity contribution in [1.29, 1.82) is 0 Å². The number of aliphatic hydroxyl groups is 1. The number of hydrogen-bond donors (Lipinski definition) is 5. The van der Waals surface area contributed by atoms with E-state index < -0.39 is 12.0 Å². The molecule has 1 unspecified atom stereocenters. The Bertz CT molecular complexity index is 707. The normalized spacial score (nSPS) is 11.9. The maximum atomic E-state index is 11.2. The lowest BCUT2D eigenvalue weighted by Gasteiger charge is -2.13. The fourth-order valence-corrected chi connectivity index (χ4v) is 2.83. The lowest BCUT2D eigenvalue weighted by atomic mass is 10.0. The minimum atomic E-state index is -0.751. The molecule has 6 nitrogen and oxygen atoms in total. The number of unbranched alkanes of at least 4 members (excludes halogenated alkanes) is 3. The van der Waals surface area contributed by atoms with Gasteiger partial charge in [-0.05, 0) is 49.2 Å². The number of amides is 1. The molecule has 2 rings (SSSR count). The van der Waals surface area contributed by atoms with Crippen LogP contribution in [0.2, 0.25) is 0 Å². The summed E-state index contributed by atoms with van der Waals surface area (Å²) in [6.45, 7) is 2.18. The summed E-state index contributed by atoms with van der Waals surface area (Å²) in [6, 6.07) is 14.6. The van der Waals surface area contributed by atoms with Crippen molar-refractivity contribution in [2.24, 2.45) is 5.73 Å². The second kappa shape index (κ2) is 11.2. The zero-order valence-corrected chi connectivity index (χ0v) is 15.5. The Balaban J connectivity index is 1.55. The quantitative estimate of drug-likeness (QED) is 0.369. The van der Waals surface area contributed by atoms with E-state index in [1.165, 1.54) is 12.1 Å². The number of carbonyl (C=O) groups is 1. The van der Waals surface area contributed by atoms with Gasteiger partial charge < -0.3 is 26.6 Å². The van der Waals surface area contributed by atoms with Crippen molar-refractivity contribution in [2.75, 3.05) is 25.0 Å². The minimum absolute atomic E-state index is 0.0238. The van der Waals surface area contributed by atoms with Crippen molar-refractivity contribution in [3.63, 3.8) is 0 Å². The summed E-state index contributed by atoms with van der Waals surface area (Å²) < 4.78 is 0. The summed E-state index contributed by atoms with van der Waals surface area (Å²) in [5.74, 6) is -0.885. The van der Waals surface area contributed by atoms with Crippen LogP contribution in [0.1, 0.15) is 47.7 Å². The molecule has 0 heterocycles.